The van der Waals surface area contributed by atoms with Crippen LogP contribution in [0.25, 0.3) is 0 Å². The summed E-state index contributed by atoms with van der Waals surface area (Å²) in [4.78, 5) is 11.7. The van der Waals surface area contributed by atoms with Crippen LogP contribution in [-0.2, 0) is 19.6 Å². The van der Waals surface area contributed by atoms with Crippen LogP contribution < -0.4 is 10.6 Å². The fourth-order valence-electron chi connectivity index (χ4n) is 2.84. The SMILES string of the molecule is O=C(Nc1ccc(F)c(S(=O)(=O)N2CCOCC2)c1)C1CCCN1. The van der Waals surface area contributed by atoms with E-state index >= 15 is 0 Å². The summed E-state index contributed by atoms with van der Waals surface area (Å²) in [5.74, 6) is -1.08. The van der Waals surface area contributed by atoms with Gasteiger partial charge in [-0.3, -0.25) is 4.79 Å². The number of ether oxygens (including phenoxy) is 1. The van der Waals surface area contributed by atoms with E-state index in [1.807, 2.05) is 0 Å². The molecule has 0 radical (unpaired) electrons. The van der Waals surface area contributed by atoms with E-state index in [2.05, 4.69) is 10.6 Å². The van der Waals surface area contributed by atoms with Gasteiger partial charge in [0.2, 0.25) is 15.9 Å². The van der Waals surface area contributed by atoms with Crippen molar-refractivity contribution in [3.8, 4) is 0 Å². The van der Waals surface area contributed by atoms with Gasteiger partial charge in [0.05, 0.1) is 19.3 Å². The van der Waals surface area contributed by atoms with Crippen LogP contribution in [0.15, 0.2) is 23.1 Å². The summed E-state index contributed by atoms with van der Waals surface area (Å²) in [6.45, 7) is 1.71. The molecule has 0 saturated carbocycles. The Balaban J connectivity index is 1.81. The number of nitrogens with one attached hydrogen (secondary N) is 2. The summed E-state index contributed by atoms with van der Waals surface area (Å²) in [5, 5.41) is 5.71. The Hall–Kier alpha value is -1.55. The summed E-state index contributed by atoms with van der Waals surface area (Å²) in [7, 11) is -3.96. The third-order valence-electron chi connectivity index (χ3n) is 4.16. The third-order valence-corrected chi connectivity index (χ3v) is 6.08. The minimum Gasteiger partial charge on any atom is -0.379 e. The molecule has 1 unspecified atom stereocenters. The van der Waals surface area contributed by atoms with Crippen molar-refractivity contribution in [3.63, 3.8) is 0 Å². The highest BCUT2D eigenvalue weighted by molar-refractivity contribution is 7.89. The number of rotatable bonds is 4. The minimum absolute atomic E-state index is 0.185. The predicted octanol–water partition coefficient (Wildman–Crippen LogP) is 0.537. The molecule has 2 heterocycles. The lowest BCUT2D eigenvalue weighted by Crippen LogP contribution is -2.41. The standard InChI is InChI=1S/C15H20FN3O4S/c16-12-4-3-11(18-15(20)13-2-1-5-17-13)10-14(12)24(21,22)19-6-8-23-9-7-19/h3-4,10,13,17H,1-2,5-9H2,(H,18,20). The second-order valence-corrected chi connectivity index (χ2v) is 7.71. The quantitative estimate of drug-likeness (QED) is 0.821. The molecule has 1 amide bonds. The Morgan fingerprint density at radius 3 is 2.75 bits per heavy atom. The Labute approximate surface area is 140 Å². The van der Waals surface area contributed by atoms with E-state index in [0.717, 1.165) is 25.5 Å². The van der Waals surface area contributed by atoms with Crippen molar-refractivity contribution in [1.29, 1.82) is 0 Å². The number of nitrogens with zero attached hydrogens (tertiary/aromatic N) is 1. The van der Waals surface area contributed by atoms with Crippen LogP contribution in [0.5, 0.6) is 0 Å². The second kappa shape index (κ2) is 7.14. The molecule has 1 aromatic carbocycles. The number of benzene rings is 1. The van der Waals surface area contributed by atoms with E-state index in [4.69, 9.17) is 4.74 Å². The van der Waals surface area contributed by atoms with Gasteiger partial charge in [0.25, 0.3) is 0 Å². The molecule has 24 heavy (non-hydrogen) atoms. The summed E-state index contributed by atoms with van der Waals surface area (Å²) < 4.78 is 45.6. The Morgan fingerprint density at radius 2 is 2.08 bits per heavy atom. The first kappa shape index (κ1) is 17.3. The van der Waals surface area contributed by atoms with Crippen LogP contribution in [0.4, 0.5) is 10.1 Å². The first-order valence-electron chi connectivity index (χ1n) is 7.90. The number of morpholine rings is 1. The molecule has 0 bridgehead atoms. The van der Waals surface area contributed by atoms with Crippen molar-refractivity contribution in [2.75, 3.05) is 38.2 Å². The number of halogens is 1. The Morgan fingerprint density at radius 1 is 1.33 bits per heavy atom. The number of hydrogen-bond donors (Lipinski definition) is 2. The molecule has 0 spiro atoms. The van der Waals surface area contributed by atoms with Gasteiger partial charge in [0, 0.05) is 18.8 Å². The average Bonchev–Trinajstić information content (AvgIpc) is 3.12. The zero-order chi connectivity index (χ0) is 17.2. The van der Waals surface area contributed by atoms with Crippen LogP contribution in [-0.4, -0.2) is 57.5 Å². The van der Waals surface area contributed by atoms with E-state index in [1.54, 1.807) is 0 Å². The summed E-state index contributed by atoms with van der Waals surface area (Å²) in [5.41, 5.74) is 0.266. The molecule has 2 N–H and O–H groups in total. The molecule has 9 heteroatoms. The average molecular weight is 357 g/mol. The van der Waals surface area contributed by atoms with Gasteiger partial charge >= 0.3 is 0 Å². The molecular weight excluding hydrogens is 337 g/mol. The van der Waals surface area contributed by atoms with E-state index in [0.29, 0.717) is 0 Å². The molecule has 132 valence electrons. The lowest BCUT2D eigenvalue weighted by Gasteiger charge is -2.26. The number of anilines is 1. The molecule has 2 aliphatic rings. The van der Waals surface area contributed by atoms with Gasteiger partial charge in [-0.15, -0.1) is 0 Å². The highest BCUT2D eigenvalue weighted by Crippen LogP contribution is 2.24. The highest BCUT2D eigenvalue weighted by Gasteiger charge is 2.30. The topological polar surface area (TPSA) is 87.7 Å². The third kappa shape index (κ3) is 3.59. The molecule has 0 aromatic heterocycles. The fourth-order valence-corrected chi connectivity index (χ4v) is 4.34. The van der Waals surface area contributed by atoms with Gasteiger partial charge in [-0.05, 0) is 37.6 Å². The number of sulfonamides is 1. The van der Waals surface area contributed by atoms with Gasteiger partial charge in [-0.25, -0.2) is 12.8 Å². The predicted molar refractivity (Wildman–Crippen MR) is 85.6 cm³/mol. The summed E-state index contributed by atoms with van der Waals surface area (Å²) in [6, 6.07) is 3.30. The van der Waals surface area contributed by atoms with Gasteiger partial charge in [-0.2, -0.15) is 4.31 Å². The van der Waals surface area contributed by atoms with Crippen molar-refractivity contribution in [2.45, 2.75) is 23.8 Å². The van der Waals surface area contributed by atoms with Gasteiger partial charge in [0.15, 0.2) is 0 Å². The molecule has 1 aromatic rings. The fraction of sp³-hybridized carbons (Fsp3) is 0.533. The Bertz CT molecular complexity index is 713. The molecule has 0 aliphatic carbocycles. The minimum atomic E-state index is -3.96. The van der Waals surface area contributed by atoms with E-state index in [9.17, 15) is 17.6 Å². The van der Waals surface area contributed by atoms with Crippen LogP contribution in [0.2, 0.25) is 0 Å². The molecular formula is C15H20FN3O4S. The number of hydrogen-bond acceptors (Lipinski definition) is 5. The van der Waals surface area contributed by atoms with E-state index in [-0.39, 0.29) is 43.9 Å². The van der Waals surface area contributed by atoms with Crippen molar-refractivity contribution >= 4 is 21.6 Å². The van der Waals surface area contributed by atoms with Crippen molar-refractivity contribution in [3.05, 3.63) is 24.0 Å². The molecule has 2 fully saturated rings. The maximum absolute atomic E-state index is 14.1. The normalized spacial score (nSPS) is 22.5. The van der Waals surface area contributed by atoms with Crippen molar-refractivity contribution in [2.24, 2.45) is 0 Å². The number of carbonyl (C=O) groups excluding carboxylic acids is 1. The zero-order valence-electron chi connectivity index (χ0n) is 13.1. The monoisotopic (exact) mass is 357 g/mol. The first-order valence-corrected chi connectivity index (χ1v) is 9.34. The van der Waals surface area contributed by atoms with Crippen LogP contribution >= 0.6 is 0 Å². The first-order chi connectivity index (χ1) is 11.5. The molecule has 1 atom stereocenters. The molecule has 3 rings (SSSR count). The number of amides is 1. The molecule has 7 nitrogen and oxygen atoms in total. The van der Waals surface area contributed by atoms with Crippen LogP contribution in [0.1, 0.15) is 12.8 Å². The zero-order valence-corrected chi connectivity index (χ0v) is 13.9. The lowest BCUT2D eigenvalue weighted by molar-refractivity contribution is -0.117. The van der Waals surface area contributed by atoms with Gasteiger partial charge in [0.1, 0.15) is 10.7 Å². The van der Waals surface area contributed by atoms with Crippen LogP contribution in [0, 0.1) is 5.82 Å². The molecule has 2 saturated heterocycles. The largest absolute Gasteiger partial charge is 0.379 e. The van der Waals surface area contributed by atoms with Crippen molar-refractivity contribution in [1.82, 2.24) is 9.62 Å². The highest BCUT2D eigenvalue weighted by atomic mass is 32.2. The summed E-state index contributed by atoms with van der Waals surface area (Å²) in [6.07, 6.45) is 1.64. The lowest BCUT2D eigenvalue weighted by atomic mass is 10.2. The van der Waals surface area contributed by atoms with Gasteiger partial charge < -0.3 is 15.4 Å². The second-order valence-electron chi connectivity index (χ2n) is 5.80. The number of carbonyl (C=O) groups is 1. The van der Waals surface area contributed by atoms with E-state index in [1.165, 1.54) is 16.4 Å². The van der Waals surface area contributed by atoms with Gasteiger partial charge in [-0.1, -0.05) is 0 Å². The smallest absolute Gasteiger partial charge is 0.246 e. The maximum atomic E-state index is 14.1. The maximum Gasteiger partial charge on any atom is 0.246 e. The van der Waals surface area contributed by atoms with E-state index < -0.39 is 20.7 Å². The molecule has 2 aliphatic heterocycles. The summed E-state index contributed by atoms with van der Waals surface area (Å²) >= 11 is 0. The van der Waals surface area contributed by atoms with Crippen LogP contribution in [0.3, 0.4) is 0 Å². The van der Waals surface area contributed by atoms with Crippen molar-refractivity contribution < 1.29 is 22.3 Å². The Kier molecular flexibility index (Phi) is 5.14.